The first kappa shape index (κ1) is 12.4. The Morgan fingerprint density at radius 1 is 0.947 bits per heavy atom. The van der Waals surface area contributed by atoms with Crippen LogP contribution in [0.25, 0.3) is 10.9 Å². The van der Waals surface area contributed by atoms with Crippen LogP contribution in [0.4, 0.5) is 0 Å². The second kappa shape index (κ2) is 5.57. The number of ether oxygens (including phenoxy) is 1. The predicted molar refractivity (Wildman–Crippen MR) is 85.2 cm³/mol. The Labute approximate surface area is 125 Å². The predicted octanol–water partition coefficient (Wildman–Crippen LogP) is 4.42. The van der Waals surface area contributed by atoms with Crippen molar-refractivity contribution >= 4 is 33.5 Å². The van der Waals surface area contributed by atoms with Crippen LogP contribution in [0.15, 0.2) is 60.8 Å². The van der Waals surface area contributed by atoms with Gasteiger partial charge < -0.3 is 4.74 Å². The molecule has 0 unspecified atom stereocenters. The van der Waals surface area contributed by atoms with E-state index in [0.717, 1.165) is 16.7 Å². The van der Waals surface area contributed by atoms with Crippen LogP contribution in [0.2, 0.25) is 0 Å². The SMILES string of the molecule is Ic1ccc(COc2cccc3ncccc23)cc1. The third kappa shape index (κ3) is 2.87. The minimum absolute atomic E-state index is 0.574. The van der Waals surface area contributed by atoms with Crippen molar-refractivity contribution in [2.75, 3.05) is 0 Å². The lowest BCUT2D eigenvalue weighted by molar-refractivity contribution is 0.310. The molecule has 0 fully saturated rings. The summed E-state index contributed by atoms with van der Waals surface area (Å²) in [5, 5.41) is 1.05. The van der Waals surface area contributed by atoms with E-state index >= 15 is 0 Å². The average Bonchev–Trinajstić information content (AvgIpc) is 2.47. The molecule has 0 spiro atoms. The fourth-order valence-corrected chi connectivity index (χ4v) is 2.30. The van der Waals surface area contributed by atoms with Crippen LogP contribution >= 0.6 is 22.6 Å². The van der Waals surface area contributed by atoms with Crippen molar-refractivity contribution in [2.24, 2.45) is 0 Å². The van der Waals surface area contributed by atoms with E-state index in [1.807, 2.05) is 30.3 Å². The van der Waals surface area contributed by atoms with Crippen molar-refractivity contribution in [3.63, 3.8) is 0 Å². The Morgan fingerprint density at radius 2 is 1.79 bits per heavy atom. The number of nitrogens with zero attached hydrogens (tertiary/aromatic N) is 1. The van der Waals surface area contributed by atoms with Gasteiger partial charge in [-0.1, -0.05) is 18.2 Å². The molecule has 0 amide bonds. The van der Waals surface area contributed by atoms with Crippen molar-refractivity contribution in [3.8, 4) is 5.75 Å². The number of fused-ring (bicyclic) bond motifs is 1. The Bertz CT molecular complexity index is 689. The summed E-state index contributed by atoms with van der Waals surface area (Å²) in [4.78, 5) is 4.33. The fraction of sp³-hybridized carbons (Fsp3) is 0.0625. The van der Waals surface area contributed by atoms with Crippen LogP contribution in [-0.4, -0.2) is 4.98 Å². The Kier molecular flexibility index (Phi) is 3.64. The molecule has 2 nitrogen and oxygen atoms in total. The Balaban J connectivity index is 1.84. The highest BCUT2D eigenvalue weighted by Crippen LogP contribution is 2.24. The lowest BCUT2D eigenvalue weighted by Gasteiger charge is -2.09. The van der Waals surface area contributed by atoms with Gasteiger partial charge in [0.2, 0.25) is 0 Å². The molecule has 0 aliphatic heterocycles. The van der Waals surface area contributed by atoms with E-state index in [4.69, 9.17) is 4.74 Å². The normalized spacial score (nSPS) is 10.6. The highest BCUT2D eigenvalue weighted by Gasteiger charge is 2.02. The molecule has 0 saturated carbocycles. The summed E-state index contributed by atoms with van der Waals surface area (Å²) in [6, 6.07) is 18.3. The van der Waals surface area contributed by atoms with Gasteiger partial charge in [0.1, 0.15) is 12.4 Å². The second-order valence-corrected chi connectivity index (χ2v) is 5.49. The van der Waals surface area contributed by atoms with Crippen LogP contribution in [-0.2, 0) is 6.61 Å². The topological polar surface area (TPSA) is 22.1 Å². The summed E-state index contributed by atoms with van der Waals surface area (Å²) in [6.45, 7) is 0.574. The zero-order valence-corrected chi connectivity index (χ0v) is 12.4. The molecule has 19 heavy (non-hydrogen) atoms. The molecule has 0 bridgehead atoms. The molecule has 1 heterocycles. The maximum Gasteiger partial charge on any atom is 0.129 e. The van der Waals surface area contributed by atoms with Crippen LogP contribution in [0, 0.1) is 3.57 Å². The first-order valence-corrected chi connectivity index (χ1v) is 7.12. The van der Waals surface area contributed by atoms with Gasteiger partial charge in [-0.25, -0.2) is 0 Å². The number of hydrogen-bond donors (Lipinski definition) is 0. The molecule has 0 aliphatic carbocycles. The third-order valence-electron chi connectivity index (χ3n) is 2.91. The van der Waals surface area contributed by atoms with Crippen molar-refractivity contribution < 1.29 is 4.74 Å². The summed E-state index contributed by atoms with van der Waals surface area (Å²) in [5.41, 5.74) is 2.13. The summed E-state index contributed by atoms with van der Waals surface area (Å²) in [7, 11) is 0. The van der Waals surface area contributed by atoms with Crippen LogP contribution in [0.1, 0.15) is 5.56 Å². The zero-order chi connectivity index (χ0) is 13.1. The van der Waals surface area contributed by atoms with Crippen LogP contribution in [0.5, 0.6) is 5.75 Å². The lowest BCUT2D eigenvalue weighted by atomic mass is 10.2. The van der Waals surface area contributed by atoms with Gasteiger partial charge in [-0.2, -0.15) is 0 Å². The number of pyridine rings is 1. The molecule has 3 heteroatoms. The van der Waals surface area contributed by atoms with Gasteiger partial charge in [0.15, 0.2) is 0 Å². The number of benzene rings is 2. The largest absolute Gasteiger partial charge is 0.488 e. The number of rotatable bonds is 3. The number of halogens is 1. The summed E-state index contributed by atoms with van der Waals surface area (Å²) >= 11 is 2.30. The molecule has 94 valence electrons. The smallest absolute Gasteiger partial charge is 0.129 e. The van der Waals surface area contributed by atoms with E-state index in [-0.39, 0.29) is 0 Å². The van der Waals surface area contributed by atoms with Crippen molar-refractivity contribution in [1.29, 1.82) is 0 Å². The van der Waals surface area contributed by atoms with Gasteiger partial charge in [-0.05, 0) is 64.6 Å². The lowest BCUT2D eigenvalue weighted by Crippen LogP contribution is -1.96. The number of hydrogen-bond acceptors (Lipinski definition) is 2. The van der Waals surface area contributed by atoms with Gasteiger partial charge in [-0.3, -0.25) is 4.98 Å². The van der Waals surface area contributed by atoms with Crippen molar-refractivity contribution in [2.45, 2.75) is 6.61 Å². The third-order valence-corrected chi connectivity index (χ3v) is 3.63. The standard InChI is InChI=1S/C16H12INO/c17-13-8-6-12(7-9-13)11-19-16-5-1-4-15-14(16)3-2-10-18-15/h1-10H,11H2. The molecule has 3 rings (SSSR count). The molecule has 0 aliphatic rings. The molecule has 1 aromatic heterocycles. The molecular weight excluding hydrogens is 349 g/mol. The van der Waals surface area contributed by atoms with Crippen molar-refractivity contribution in [3.05, 3.63) is 69.9 Å². The molecule has 0 atom stereocenters. The highest BCUT2D eigenvalue weighted by atomic mass is 127. The van der Waals surface area contributed by atoms with E-state index in [1.165, 1.54) is 9.13 Å². The summed E-state index contributed by atoms with van der Waals surface area (Å²) in [5.74, 6) is 0.879. The number of aromatic nitrogens is 1. The van der Waals surface area contributed by atoms with Gasteiger partial charge in [0.05, 0.1) is 5.52 Å². The minimum Gasteiger partial charge on any atom is -0.488 e. The zero-order valence-electron chi connectivity index (χ0n) is 10.2. The highest BCUT2D eigenvalue weighted by molar-refractivity contribution is 14.1. The Morgan fingerprint density at radius 3 is 2.63 bits per heavy atom. The first-order valence-electron chi connectivity index (χ1n) is 6.04. The van der Waals surface area contributed by atoms with Gasteiger partial charge in [0.25, 0.3) is 0 Å². The monoisotopic (exact) mass is 361 g/mol. The second-order valence-electron chi connectivity index (χ2n) is 4.24. The molecule has 2 aromatic carbocycles. The maximum atomic E-state index is 5.90. The molecule has 0 saturated heterocycles. The fourth-order valence-electron chi connectivity index (χ4n) is 1.94. The summed E-state index contributed by atoms with van der Waals surface area (Å²) in [6.07, 6.45) is 1.80. The van der Waals surface area contributed by atoms with E-state index in [2.05, 4.69) is 51.8 Å². The first-order chi connectivity index (χ1) is 9.33. The van der Waals surface area contributed by atoms with E-state index in [9.17, 15) is 0 Å². The molecule has 3 aromatic rings. The van der Waals surface area contributed by atoms with Gasteiger partial charge in [-0.15, -0.1) is 0 Å². The maximum absolute atomic E-state index is 5.90. The molecule has 0 N–H and O–H groups in total. The van der Waals surface area contributed by atoms with Crippen LogP contribution < -0.4 is 4.74 Å². The molecular formula is C16H12INO. The van der Waals surface area contributed by atoms with E-state index in [0.29, 0.717) is 6.61 Å². The molecule has 0 radical (unpaired) electrons. The van der Waals surface area contributed by atoms with Crippen molar-refractivity contribution in [1.82, 2.24) is 4.98 Å². The minimum atomic E-state index is 0.574. The van der Waals surface area contributed by atoms with Gasteiger partial charge >= 0.3 is 0 Å². The van der Waals surface area contributed by atoms with E-state index in [1.54, 1.807) is 6.20 Å². The quantitative estimate of drug-likeness (QED) is 0.645. The average molecular weight is 361 g/mol. The van der Waals surface area contributed by atoms with Gasteiger partial charge in [0, 0.05) is 15.2 Å². The summed E-state index contributed by atoms with van der Waals surface area (Å²) < 4.78 is 7.13. The van der Waals surface area contributed by atoms with E-state index < -0.39 is 0 Å². The Hall–Kier alpha value is -1.62. The van der Waals surface area contributed by atoms with Crippen LogP contribution in [0.3, 0.4) is 0 Å².